The second kappa shape index (κ2) is 5.37. The zero-order chi connectivity index (χ0) is 13.1. The largest absolute Gasteiger partial charge is 0.384 e. The minimum Gasteiger partial charge on any atom is -0.384 e. The lowest BCUT2D eigenvalue weighted by Crippen LogP contribution is -2.21. The molecule has 0 unspecified atom stereocenters. The number of nitrogens with one attached hydrogen (secondary N) is 1. The number of nitrogens with two attached hydrogens (primary N) is 1. The Morgan fingerprint density at radius 2 is 2.28 bits per heavy atom. The third-order valence-electron chi connectivity index (χ3n) is 2.52. The van der Waals surface area contributed by atoms with Crippen LogP contribution in [0.2, 0.25) is 4.34 Å². The summed E-state index contributed by atoms with van der Waals surface area (Å²) in [6, 6.07) is 5.62. The van der Waals surface area contributed by atoms with Crippen LogP contribution in [0, 0.1) is 5.41 Å². The first-order chi connectivity index (χ1) is 8.58. The third-order valence-corrected chi connectivity index (χ3v) is 3.74. The summed E-state index contributed by atoms with van der Waals surface area (Å²) in [6.07, 6.45) is 3.35. The summed E-state index contributed by atoms with van der Waals surface area (Å²) >= 11 is 7.45. The number of pyridine rings is 1. The fourth-order valence-corrected chi connectivity index (χ4v) is 2.81. The van der Waals surface area contributed by atoms with Gasteiger partial charge in [-0.15, -0.1) is 11.3 Å². The average molecular weight is 281 g/mol. The predicted molar refractivity (Wildman–Crippen MR) is 76.7 cm³/mol. The number of amidine groups is 1. The normalized spacial score (nSPS) is 10.3. The molecule has 0 amide bonds. The minimum atomic E-state index is 0.0449. The van der Waals surface area contributed by atoms with E-state index in [1.807, 2.05) is 24.1 Å². The molecule has 0 fully saturated rings. The second-order valence-corrected chi connectivity index (χ2v) is 5.67. The predicted octanol–water partition coefficient (Wildman–Crippen LogP) is 2.72. The topological polar surface area (TPSA) is 66.0 Å². The zero-order valence-corrected chi connectivity index (χ0v) is 11.4. The van der Waals surface area contributed by atoms with Crippen LogP contribution in [0.3, 0.4) is 0 Å². The molecule has 0 radical (unpaired) electrons. The molecule has 94 valence electrons. The molecule has 0 bridgehead atoms. The highest BCUT2D eigenvalue weighted by atomic mass is 35.5. The molecule has 0 saturated carbocycles. The first-order valence-corrected chi connectivity index (χ1v) is 6.51. The van der Waals surface area contributed by atoms with Crippen molar-refractivity contribution in [3.63, 3.8) is 0 Å². The van der Waals surface area contributed by atoms with Crippen molar-refractivity contribution >= 4 is 34.5 Å². The zero-order valence-electron chi connectivity index (χ0n) is 9.85. The molecule has 2 aromatic heterocycles. The number of hydrogen-bond donors (Lipinski definition) is 2. The van der Waals surface area contributed by atoms with Crippen LogP contribution < -0.4 is 10.6 Å². The van der Waals surface area contributed by atoms with Crippen LogP contribution in [0.25, 0.3) is 0 Å². The van der Waals surface area contributed by atoms with Gasteiger partial charge in [0.2, 0.25) is 0 Å². The van der Waals surface area contributed by atoms with Crippen molar-refractivity contribution in [2.75, 3.05) is 11.9 Å². The molecule has 3 N–H and O–H groups in total. The molecule has 0 aromatic carbocycles. The number of aromatic nitrogens is 1. The molecular formula is C12H13ClN4S. The molecule has 0 aliphatic heterocycles. The van der Waals surface area contributed by atoms with E-state index in [1.165, 1.54) is 0 Å². The molecule has 2 heterocycles. The highest BCUT2D eigenvalue weighted by Crippen LogP contribution is 2.25. The van der Waals surface area contributed by atoms with Crippen molar-refractivity contribution in [1.29, 1.82) is 5.41 Å². The Kier molecular flexibility index (Phi) is 3.84. The minimum absolute atomic E-state index is 0.0449. The first-order valence-electron chi connectivity index (χ1n) is 5.31. The maximum absolute atomic E-state index is 7.56. The van der Waals surface area contributed by atoms with Crippen molar-refractivity contribution in [2.24, 2.45) is 5.73 Å². The molecule has 6 heteroatoms. The molecule has 0 aliphatic rings. The van der Waals surface area contributed by atoms with Crippen molar-refractivity contribution < 1.29 is 0 Å². The van der Waals surface area contributed by atoms with Crippen molar-refractivity contribution in [2.45, 2.75) is 6.54 Å². The summed E-state index contributed by atoms with van der Waals surface area (Å²) in [5, 5.41) is 7.56. The number of thiophene rings is 1. The van der Waals surface area contributed by atoms with Gasteiger partial charge in [-0.1, -0.05) is 11.6 Å². The van der Waals surface area contributed by atoms with Gasteiger partial charge in [-0.05, 0) is 18.2 Å². The third kappa shape index (κ3) is 2.80. The van der Waals surface area contributed by atoms with Crippen LogP contribution in [0.15, 0.2) is 30.6 Å². The van der Waals surface area contributed by atoms with Gasteiger partial charge in [0.05, 0.1) is 22.8 Å². The average Bonchev–Trinajstić information content (AvgIpc) is 2.74. The summed E-state index contributed by atoms with van der Waals surface area (Å²) in [4.78, 5) is 7.24. The van der Waals surface area contributed by atoms with E-state index in [2.05, 4.69) is 4.98 Å². The Morgan fingerprint density at radius 1 is 1.50 bits per heavy atom. The standard InChI is InChI=1S/C12H13ClN4S/c1-17(7-8-2-3-11(13)18-8)10-6-16-5-4-9(10)12(14)15/h2-6H,7H2,1H3,(H3,14,15). The van der Waals surface area contributed by atoms with Crippen LogP contribution in [-0.2, 0) is 6.54 Å². The lowest BCUT2D eigenvalue weighted by Gasteiger charge is -2.20. The Balaban J connectivity index is 2.23. The Morgan fingerprint density at radius 3 is 2.89 bits per heavy atom. The van der Waals surface area contributed by atoms with Crippen LogP contribution in [0.5, 0.6) is 0 Å². The van der Waals surface area contributed by atoms with Gasteiger partial charge in [0.1, 0.15) is 5.84 Å². The molecule has 0 saturated heterocycles. The number of nitrogen functional groups attached to an aromatic ring is 1. The maximum atomic E-state index is 7.56. The van der Waals surface area contributed by atoms with Crippen molar-refractivity contribution in [1.82, 2.24) is 4.98 Å². The molecular weight excluding hydrogens is 268 g/mol. The molecule has 0 spiro atoms. The van der Waals surface area contributed by atoms with E-state index in [9.17, 15) is 0 Å². The molecule has 4 nitrogen and oxygen atoms in total. The highest BCUT2D eigenvalue weighted by Gasteiger charge is 2.11. The monoisotopic (exact) mass is 280 g/mol. The number of halogens is 1. The summed E-state index contributed by atoms with van der Waals surface area (Å²) < 4.78 is 0.774. The summed E-state index contributed by atoms with van der Waals surface area (Å²) in [5.74, 6) is 0.0449. The molecule has 0 atom stereocenters. The van der Waals surface area contributed by atoms with E-state index in [0.29, 0.717) is 12.1 Å². The van der Waals surface area contributed by atoms with Crippen LogP contribution >= 0.6 is 22.9 Å². The van der Waals surface area contributed by atoms with E-state index in [1.54, 1.807) is 29.8 Å². The number of rotatable bonds is 4. The fourth-order valence-electron chi connectivity index (χ4n) is 1.67. The van der Waals surface area contributed by atoms with E-state index in [0.717, 1.165) is 14.9 Å². The Labute approximate surface area is 115 Å². The van der Waals surface area contributed by atoms with Gasteiger partial charge in [0, 0.05) is 23.7 Å². The van der Waals surface area contributed by atoms with Gasteiger partial charge >= 0.3 is 0 Å². The van der Waals surface area contributed by atoms with E-state index < -0.39 is 0 Å². The number of nitrogens with zero attached hydrogens (tertiary/aromatic N) is 2. The highest BCUT2D eigenvalue weighted by molar-refractivity contribution is 7.16. The quantitative estimate of drug-likeness (QED) is 0.668. The summed E-state index contributed by atoms with van der Waals surface area (Å²) in [7, 11) is 1.94. The van der Waals surface area contributed by atoms with Gasteiger partial charge in [-0.2, -0.15) is 0 Å². The van der Waals surface area contributed by atoms with E-state index in [-0.39, 0.29) is 5.84 Å². The maximum Gasteiger partial charge on any atom is 0.125 e. The Bertz CT molecular complexity index is 567. The van der Waals surface area contributed by atoms with Crippen molar-refractivity contribution in [3.8, 4) is 0 Å². The molecule has 0 aliphatic carbocycles. The fraction of sp³-hybridized carbons (Fsp3) is 0.167. The second-order valence-electron chi connectivity index (χ2n) is 3.87. The van der Waals surface area contributed by atoms with Crippen LogP contribution in [-0.4, -0.2) is 17.9 Å². The van der Waals surface area contributed by atoms with Crippen molar-refractivity contribution in [3.05, 3.63) is 45.4 Å². The van der Waals surface area contributed by atoms with Gasteiger partial charge < -0.3 is 10.6 Å². The number of hydrogen-bond acceptors (Lipinski definition) is 4. The van der Waals surface area contributed by atoms with Crippen LogP contribution in [0.1, 0.15) is 10.4 Å². The lowest BCUT2D eigenvalue weighted by atomic mass is 10.2. The van der Waals surface area contributed by atoms with Gasteiger partial charge in [-0.25, -0.2) is 0 Å². The molecule has 18 heavy (non-hydrogen) atoms. The SMILES string of the molecule is CN(Cc1ccc(Cl)s1)c1cnccc1C(=N)N. The lowest BCUT2D eigenvalue weighted by molar-refractivity contribution is 0.932. The van der Waals surface area contributed by atoms with Crippen LogP contribution in [0.4, 0.5) is 5.69 Å². The van der Waals surface area contributed by atoms with Gasteiger partial charge in [0.25, 0.3) is 0 Å². The van der Waals surface area contributed by atoms with Gasteiger partial charge in [-0.3, -0.25) is 10.4 Å². The summed E-state index contributed by atoms with van der Waals surface area (Å²) in [5.41, 5.74) is 7.09. The molecule has 2 rings (SSSR count). The van der Waals surface area contributed by atoms with E-state index in [4.69, 9.17) is 22.7 Å². The smallest absolute Gasteiger partial charge is 0.125 e. The Hall–Kier alpha value is -1.59. The number of anilines is 1. The first kappa shape index (κ1) is 12.9. The van der Waals surface area contributed by atoms with Gasteiger partial charge in [0.15, 0.2) is 0 Å². The summed E-state index contributed by atoms with van der Waals surface area (Å²) in [6.45, 7) is 0.712. The van der Waals surface area contributed by atoms with E-state index >= 15 is 0 Å². The molecule has 2 aromatic rings.